The minimum absolute atomic E-state index is 1.06. The molecule has 2 nitrogen and oxygen atoms in total. The van der Waals surface area contributed by atoms with Crippen LogP contribution in [-0.2, 0) is 0 Å². The molecular weight excluding hydrogens is 196 g/mol. The molecule has 16 heavy (non-hydrogen) atoms. The van der Waals surface area contributed by atoms with E-state index in [1.54, 1.807) is 0 Å². The largest absolute Gasteiger partial charge is 0.340 e. The first kappa shape index (κ1) is 11.3. The summed E-state index contributed by atoms with van der Waals surface area (Å²) in [6.07, 6.45) is 3.61. The maximum atomic E-state index is 3.46. The Labute approximate surface area is 98.9 Å². The van der Waals surface area contributed by atoms with Crippen molar-refractivity contribution in [2.24, 2.45) is 0 Å². The van der Waals surface area contributed by atoms with Crippen LogP contribution in [0.4, 0.5) is 11.4 Å². The molecule has 0 amide bonds. The standard InChI is InChI=1S/C14H20N2/c1-3-5-11-16-12-15(10-4-2)13-8-6-7-9-14(13)16/h6-9H,3-5,10-11H2,1-2H3. The highest BCUT2D eigenvalue weighted by molar-refractivity contribution is 5.78. The van der Waals surface area contributed by atoms with Crippen molar-refractivity contribution in [2.75, 3.05) is 22.9 Å². The first-order valence-corrected chi connectivity index (χ1v) is 6.27. The number of rotatable bonds is 5. The summed E-state index contributed by atoms with van der Waals surface area (Å²) in [4.78, 5) is 4.50. The van der Waals surface area contributed by atoms with Gasteiger partial charge in [0.05, 0.1) is 11.4 Å². The van der Waals surface area contributed by atoms with Crippen molar-refractivity contribution in [2.45, 2.75) is 33.1 Å². The lowest BCUT2D eigenvalue weighted by Gasteiger charge is -2.18. The molecule has 0 N–H and O–H groups in total. The summed E-state index contributed by atoms with van der Waals surface area (Å²) in [6.45, 7) is 10.0. The first-order chi connectivity index (χ1) is 7.86. The van der Waals surface area contributed by atoms with Crippen molar-refractivity contribution in [3.8, 4) is 0 Å². The van der Waals surface area contributed by atoms with Crippen LogP contribution >= 0.6 is 0 Å². The van der Waals surface area contributed by atoms with Gasteiger partial charge in [-0.2, -0.15) is 0 Å². The normalized spacial score (nSPS) is 14.4. The van der Waals surface area contributed by atoms with Crippen LogP contribution in [0.25, 0.3) is 0 Å². The zero-order valence-electron chi connectivity index (χ0n) is 10.2. The van der Waals surface area contributed by atoms with Crippen molar-refractivity contribution < 1.29 is 0 Å². The molecule has 2 rings (SSSR count). The molecule has 0 fully saturated rings. The molecule has 1 aliphatic rings. The molecule has 0 aromatic heterocycles. The molecule has 0 unspecified atom stereocenters. The van der Waals surface area contributed by atoms with Gasteiger partial charge in [0.15, 0.2) is 0 Å². The van der Waals surface area contributed by atoms with Crippen LogP contribution in [0.15, 0.2) is 24.3 Å². The monoisotopic (exact) mass is 216 g/mol. The van der Waals surface area contributed by atoms with Crippen molar-refractivity contribution in [1.29, 1.82) is 0 Å². The summed E-state index contributed by atoms with van der Waals surface area (Å²) in [5.41, 5.74) is 2.62. The molecule has 0 saturated carbocycles. The van der Waals surface area contributed by atoms with Gasteiger partial charge in [-0.05, 0) is 25.0 Å². The summed E-state index contributed by atoms with van der Waals surface area (Å²) >= 11 is 0. The van der Waals surface area contributed by atoms with E-state index in [0.29, 0.717) is 0 Å². The Morgan fingerprint density at radius 1 is 0.938 bits per heavy atom. The topological polar surface area (TPSA) is 6.48 Å². The Kier molecular flexibility index (Phi) is 3.70. The Balaban J connectivity index is 2.14. The summed E-state index contributed by atoms with van der Waals surface area (Å²) < 4.78 is 0. The van der Waals surface area contributed by atoms with Gasteiger partial charge in [0.1, 0.15) is 0 Å². The van der Waals surface area contributed by atoms with Crippen LogP contribution < -0.4 is 9.80 Å². The van der Waals surface area contributed by atoms with E-state index < -0.39 is 0 Å². The number of benzene rings is 1. The van der Waals surface area contributed by atoms with Gasteiger partial charge in [0, 0.05) is 13.1 Å². The smallest absolute Gasteiger partial charge is 0.208 e. The van der Waals surface area contributed by atoms with Crippen molar-refractivity contribution in [1.82, 2.24) is 0 Å². The molecule has 0 bridgehead atoms. The summed E-state index contributed by atoms with van der Waals surface area (Å²) in [5.74, 6) is 0. The highest BCUT2D eigenvalue weighted by atomic mass is 15.4. The van der Waals surface area contributed by atoms with E-state index in [2.05, 4.69) is 54.6 Å². The third kappa shape index (κ3) is 2.16. The maximum Gasteiger partial charge on any atom is 0.208 e. The first-order valence-electron chi connectivity index (χ1n) is 6.27. The van der Waals surface area contributed by atoms with Crippen LogP contribution in [0.5, 0.6) is 0 Å². The van der Waals surface area contributed by atoms with Crippen LogP contribution in [-0.4, -0.2) is 13.1 Å². The second kappa shape index (κ2) is 5.24. The Bertz CT molecular complexity index is 335. The molecule has 1 heterocycles. The average Bonchev–Trinajstić information content (AvgIpc) is 2.66. The van der Waals surface area contributed by atoms with Gasteiger partial charge >= 0.3 is 0 Å². The van der Waals surface area contributed by atoms with Gasteiger partial charge < -0.3 is 9.80 Å². The second-order valence-corrected chi connectivity index (χ2v) is 4.25. The van der Waals surface area contributed by atoms with Gasteiger partial charge in [-0.3, -0.25) is 0 Å². The molecule has 0 spiro atoms. The third-order valence-electron chi connectivity index (χ3n) is 2.89. The van der Waals surface area contributed by atoms with Crippen molar-refractivity contribution in [3.05, 3.63) is 30.9 Å². The molecular formula is C14H20N2. The molecule has 1 aliphatic heterocycles. The highest BCUT2D eigenvalue weighted by Gasteiger charge is 2.25. The van der Waals surface area contributed by atoms with E-state index >= 15 is 0 Å². The quantitative estimate of drug-likeness (QED) is 0.743. The van der Waals surface area contributed by atoms with Crippen LogP contribution in [0.3, 0.4) is 0 Å². The predicted molar refractivity (Wildman–Crippen MR) is 69.6 cm³/mol. The number of nitrogens with zero attached hydrogens (tertiary/aromatic N) is 2. The van der Waals surface area contributed by atoms with Crippen molar-refractivity contribution in [3.63, 3.8) is 0 Å². The maximum absolute atomic E-state index is 3.46. The average molecular weight is 216 g/mol. The lowest BCUT2D eigenvalue weighted by atomic mass is 10.2. The van der Waals surface area contributed by atoms with Crippen molar-refractivity contribution >= 4 is 11.4 Å². The molecule has 1 aromatic rings. The molecule has 2 radical (unpaired) electrons. The highest BCUT2D eigenvalue weighted by Crippen LogP contribution is 2.37. The van der Waals surface area contributed by atoms with E-state index in [4.69, 9.17) is 0 Å². The minimum atomic E-state index is 1.06. The minimum Gasteiger partial charge on any atom is -0.340 e. The SMILES string of the molecule is CCCCN1[C]N(CCC)c2ccccc21. The van der Waals surface area contributed by atoms with E-state index in [0.717, 1.165) is 19.5 Å². The summed E-state index contributed by atoms with van der Waals surface area (Å²) in [5, 5.41) is 0. The molecule has 2 heteroatoms. The molecule has 86 valence electrons. The summed E-state index contributed by atoms with van der Waals surface area (Å²) in [6, 6.07) is 8.58. The Morgan fingerprint density at radius 2 is 1.56 bits per heavy atom. The van der Waals surface area contributed by atoms with Crippen LogP contribution in [0.2, 0.25) is 0 Å². The zero-order valence-corrected chi connectivity index (χ0v) is 10.2. The fourth-order valence-corrected chi connectivity index (χ4v) is 2.05. The number of unbranched alkanes of at least 4 members (excludes halogenated alkanes) is 1. The Morgan fingerprint density at radius 3 is 2.12 bits per heavy atom. The second-order valence-electron chi connectivity index (χ2n) is 4.25. The molecule has 0 atom stereocenters. The molecule has 1 aromatic carbocycles. The fraction of sp³-hybridized carbons (Fsp3) is 0.500. The number of fused-ring (bicyclic) bond motifs is 1. The summed E-state index contributed by atoms with van der Waals surface area (Å²) in [7, 11) is 0. The lowest BCUT2D eigenvalue weighted by Crippen LogP contribution is -2.26. The van der Waals surface area contributed by atoms with E-state index in [1.807, 2.05) is 0 Å². The van der Waals surface area contributed by atoms with Gasteiger partial charge in [0.25, 0.3) is 0 Å². The molecule has 0 aliphatic carbocycles. The van der Waals surface area contributed by atoms with E-state index in [-0.39, 0.29) is 0 Å². The van der Waals surface area contributed by atoms with Gasteiger partial charge in [0.2, 0.25) is 6.67 Å². The number of hydrogen-bond donors (Lipinski definition) is 0. The van der Waals surface area contributed by atoms with Gasteiger partial charge in [-0.25, -0.2) is 0 Å². The fourth-order valence-electron chi connectivity index (χ4n) is 2.05. The van der Waals surface area contributed by atoms with E-state index in [9.17, 15) is 0 Å². The Hall–Kier alpha value is -1.18. The number of anilines is 2. The molecule has 0 saturated heterocycles. The number of para-hydroxylation sites is 2. The van der Waals surface area contributed by atoms with Gasteiger partial charge in [-0.15, -0.1) is 0 Å². The zero-order chi connectivity index (χ0) is 11.4. The predicted octanol–water partition coefficient (Wildman–Crippen LogP) is 3.52. The van der Waals surface area contributed by atoms with E-state index in [1.165, 1.54) is 24.2 Å². The van der Waals surface area contributed by atoms with Gasteiger partial charge in [-0.1, -0.05) is 32.4 Å². The third-order valence-corrected chi connectivity index (χ3v) is 2.89. The number of hydrogen-bond acceptors (Lipinski definition) is 2. The van der Waals surface area contributed by atoms with Crippen LogP contribution in [0.1, 0.15) is 33.1 Å². The van der Waals surface area contributed by atoms with Crippen LogP contribution in [0, 0.1) is 6.67 Å². The lowest BCUT2D eigenvalue weighted by molar-refractivity contribution is 0.750.